The summed E-state index contributed by atoms with van der Waals surface area (Å²) in [5.41, 5.74) is -1.63. The molecular weight excluding hydrogens is 306 g/mol. The standard InChI is InChI=1S/C16H16F2N2O3/c1-16(22,12-6-5-10(17)8-13(12)18)9-20-14(21)11-4-3-7-19-15(11)23-2/h3-8,22H,9H2,1-2H3,(H,20,21). The molecule has 5 nitrogen and oxygen atoms in total. The van der Waals surface area contributed by atoms with Gasteiger partial charge in [-0.3, -0.25) is 4.79 Å². The van der Waals surface area contributed by atoms with E-state index < -0.39 is 23.1 Å². The monoisotopic (exact) mass is 322 g/mol. The van der Waals surface area contributed by atoms with Crippen molar-refractivity contribution in [1.29, 1.82) is 0 Å². The lowest BCUT2D eigenvalue weighted by atomic mass is 9.95. The first-order valence-electron chi connectivity index (χ1n) is 6.80. The van der Waals surface area contributed by atoms with E-state index in [-0.39, 0.29) is 23.6 Å². The zero-order chi connectivity index (χ0) is 17.0. The predicted octanol–water partition coefficient (Wildman–Crippen LogP) is 2.01. The highest BCUT2D eigenvalue weighted by atomic mass is 19.1. The summed E-state index contributed by atoms with van der Waals surface area (Å²) in [5, 5.41) is 12.8. The quantitative estimate of drug-likeness (QED) is 0.883. The van der Waals surface area contributed by atoms with Crippen LogP contribution in [0.1, 0.15) is 22.8 Å². The van der Waals surface area contributed by atoms with E-state index in [9.17, 15) is 18.7 Å². The van der Waals surface area contributed by atoms with Crippen LogP contribution >= 0.6 is 0 Å². The molecule has 1 aromatic carbocycles. The minimum atomic E-state index is -1.71. The van der Waals surface area contributed by atoms with Gasteiger partial charge in [0, 0.05) is 17.8 Å². The fourth-order valence-corrected chi connectivity index (χ4v) is 2.10. The molecule has 122 valence electrons. The molecule has 1 unspecified atom stereocenters. The number of hydrogen-bond donors (Lipinski definition) is 2. The van der Waals surface area contributed by atoms with Crippen molar-refractivity contribution < 1.29 is 23.4 Å². The van der Waals surface area contributed by atoms with Crippen molar-refractivity contribution >= 4 is 5.91 Å². The maximum absolute atomic E-state index is 13.8. The molecule has 0 saturated carbocycles. The van der Waals surface area contributed by atoms with Gasteiger partial charge in [0.2, 0.25) is 5.88 Å². The number of methoxy groups -OCH3 is 1. The van der Waals surface area contributed by atoms with Crippen LogP contribution in [0.3, 0.4) is 0 Å². The summed E-state index contributed by atoms with van der Waals surface area (Å²) >= 11 is 0. The number of pyridine rings is 1. The summed E-state index contributed by atoms with van der Waals surface area (Å²) in [6, 6.07) is 5.93. The second kappa shape index (κ2) is 6.70. The topological polar surface area (TPSA) is 71.5 Å². The van der Waals surface area contributed by atoms with Crippen LogP contribution in [0.25, 0.3) is 0 Å². The summed E-state index contributed by atoms with van der Waals surface area (Å²) in [5.74, 6) is -2.02. The Labute approximate surface area is 131 Å². The Kier molecular flexibility index (Phi) is 4.90. The van der Waals surface area contributed by atoms with Crippen molar-refractivity contribution in [3.8, 4) is 5.88 Å². The molecule has 0 radical (unpaired) electrons. The highest BCUT2D eigenvalue weighted by Crippen LogP contribution is 2.24. The molecule has 0 aliphatic heterocycles. The molecule has 0 saturated heterocycles. The van der Waals surface area contributed by atoms with Crippen molar-refractivity contribution in [1.82, 2.24) is 10.3 Å². The van der Waals surface area contributed by atoms with Gasteiger partial charge in [0.25, 0.3) is 5.91 Å². The molecule has 1 atom stereocenters. The molecule has 1 amide bonds. The van der Waals surface area contributed by atoms with E-state index in [0.717, 1.165) is 12.1 Å². The predicted molar refractivity (Wildman–Crippen MR) is 79.1 cm³/mol. The maximum atomic E-state index is 13.8. The van der Waals surface area contributed by atoms with Gasteiger partial charge in [0.15, 0.2) is 0 Å². The molecule has 2 N–H and O–H groups in total. The molecule has 0 bridgehead atoms. The summed E-state index contributed by atoms with van der Waals surface area (Å²) < 4.78 is 31.7. The van der Waals surface area contributed by atoms with E-state index in [4.69, 9.17) is 4.74 Å². The SMILES string of the molecule is COc1ncccc1C(=O)NCC(C)(O)c1ccc(F)cc1F. The van der Waals surface area contributed by atoms with Crippen molar-refractivity contribution in [2.45, 2.75) is 12.5 Å². The molecule has 2 rings (SSSR count). The third-order valence-corrected chi connectivity index (χ3v) is 3.31. The number of carbonyl (C=O) groups is 1. The molecule has 23 heavy (non-hydrogen) atoms. The smallest absolute Gasteiger partial charge is 0.256 e. The van der Waals surface area contributed by atoms with Gasteiger partial charge >= 0.3 is 0 Å². The number of amides is 1. The Morgan fingerprint density at radius 2 is 2.13 bits per heavy atom. The molecule has 1 aromatic heterocycles. The Balaban J connectivity index is 2.14. The number of halogens is 2. The number of rotatable bonds is 5. The van der Waals surface area contributed by atoms with E-state index in [1.807, 2.05) is 0 Å². The number of hydrogen-bond acceptors (Lipinski definition) is 4. The average Bonchev–Trinajstić information content (AvgIpc) is 2.52. The van der Waals surface area contributed by atoms with E-state index in [1.165, 1.54) is 26.3 Å². The van der Waals surface area contributed by atoms with Gasteiger partial charge in [-0.25, -0.2) is 13.8 Å². The third kappa shape index (κ3) is 3.81. The lowest BCUT2D eigenvalue weighted by Gasteiger charge is -2.24. The average molecular weight is 322 g/mol. The van der Waals surface area contributed by atoms with E-state index in [2.05, 4.69) is 10.3 Å². The van der Waals surface area contributed by atoms with Crippen molar-refractivity contribution in [3.05, 3.63) is 59.3 Å². The Morgan fingerprint density at radius 3 is 2.78 bits per heavy atom. The van der Waals surface area contributed by atoms with E-state index >= 15 is 0 Å². The van der Waals surface area contributed by atoms with Crippen LogP contribution in [0.15, 0.2) is 36.5 Å². The van der Waals surface area contributed by atoms with Gasteiger partial charge < -0.3 is 15.2 Å². The third-order valence-electron chi connectivity index (χ3n) is 3.31. The highest BCUT2D eigenvalue weighted by Gasteiger charge is 2.28. The first kappa shape index (κ1) is 16.8. The van der Waals surface area contributed by atoms with E-state index in [1.54, 1.807) is 6.07 Å². The van der Waals surface area contributed by atoms with Crippen molar-refractivity contribution in [2.75, 3.05) is 13.7 Å². The minimum Gasteiger partial charge on any atom is -0.480 e. The van der Waals surface area contributed by atoms with Gasteiger partial charge in [-0.1, -0.05) is 6.07 Å². The van der Waals surface area contributed by atoms with Crippen LogP contribution in [-0.2, 0) is 5.60 Å². The first-order valence-corrected chi connectivity index (χ1v) is 6.80. The van der Waals surface area contributed by atoms with Crippen LogP contribution in [0.4, 0.5) is 8.78 Å². The molecule has 0 fully saturated rings. The molecular formula is C16H16F2N2O3. The number of nitrogens with one attached hydrogen (secondary N) is 1. The van der Waals surface area contributed by atoms with Crippen LogP contribution in [0.2, 0.25) is 0 Å². The zero-order valence-electron chi connectivity index (χ0n) is 12.6. The van der Waals surface area contributed by atoms with Gasteiger partial charge in [-0.2, -0.15) is 0 Å². The van der Waals surface area contributed by atoms with E-state index in [0.29, 0.717) is 6.07 Å². The molecule has 7 heteroatoms. The summed E-state index contributed by atoms with van der Waals surface area (Å²) in [7, 11) is 1.38. The number of aromatic nitrogens is 1. The lowest BCUT2D eigenvalue weighted by molar-refractivity contribution is 0.0493. The fourth-order valence-electron chi connectivity index (χ4n) is 2.10. The van der Waals surface area contributed by atoms with Crippen molar-refractivity contribution in [3.63, 3.8) is 0 Å². The molecule has 0 aliphatic rings. The maximum Gasteiger partial charge on any atom is 0.256 e. The number of nitrogens with zero attached hydrogens (tertiary/aromatic N) is 1. The Bertz CT molecular complexity index is 720. The van der Waals surface area contributed by atoms with Crippen LogP contribution in [0.5, 0.6) is 5.88 Å². The lowest BCUT2D eigenvalue weighted by Crippen LogP contribution is -2.39. The number of aliphatic hydroxyl groups is 1. The second-order valence-electron chi connectivity index (χ2n) is 5.14. The minimum absolute atomic E-state index is 0.114. The number of ether oxygens (including phenoxy) is 1. The zero-order valence-corrected chi connectivity index (χ0v) is 12.6. The van der Waals surface area contributed by atoms with Gasteiger partial charge in [0.1, 0.15) is 22.8 Å². The van der Waals surface area contributed by atoms with Gasteiger partial charge in [-0.15, -0.1) is 0 Å². The van der Waals surface area contributed by atoms with Gasteiger partial charge in [0.05, 0.1) is 13.7 Å². The summed E-state index contributed by atoms with van der Waals surface area (Å²) in [6.07, 6.45) is 1.47. The Morgan fingerprint density at radius 1 is 1.39 bits per heavy atom. The van der Waals surface area contributed by atoms with Crippen LogP contribution in [0, 0.1) is 11.6 Å². The molecule has 0 spiro atoms. The Hall–Kier alpha value is -2.54. The van der Waals surface area contributed by atoms with Crippen LogP contribution in [-0.4, -0.2) is 29.7 Å². The summed E-state index contributed by atoms with van der Waals surface area (Å²) in [6.45, 7) is 1.05. The largest absolute Gasteiger partial charge is 0.480 e. The highest BCUT2D eigenvalue weighted by molar-refractivity contribution is 5.96. The number of benzene rings is 1. The number of carbonyl (C=O) groups excluding carboxylic acids is 1. The second-order valence-corrected chi connectivity index (χ2v) is 5.14. The normalized spacial score (nSPS) is 13.3. The molecule has 1 heterocycles. The van der Waals surface area contributed by atoms with Crippen molar-refractivity contribution in [2.24, 2.45) is 0 Å². The first-order chi connectivity index (χ1) is 10.8. The molecule has 0 aliphatic carbocycles. The fraction of sp³-hybridized carbons (Fsp3) is 0.250. The summed E-state index contributed by atoms with van der Waals surface area (Å²) in [4.78, 5) is 16.0. The van der Waals surface area contributed by atoms with Crippen LogP contribution < -0.4 is 10.1 Å². The molecule has 2 aromatic rings. The van der Waals surface area contributed by atoms with Gasteiger partial charge in [-0.05, 0) is 25.1 Å².